The summed E-state index contributed by atoms with van der Waals surface area (Å²) >= 11 is 0. The van der Waals surface area contributed by atoms with Gasteiger partial charge in [-0.2, -0.15) is 0 Å². The molecule has 2 aromatic rings. The first-order valence-electron chi connectivity index (χ1n) is 6.73. The average molecular weight is 301 g/mol. The summed E-state index contributed by atoms with van der Waals surface area (Å²) in [6.45, 7) is 7.60. The van der Waals surface area contributed by atoms with Crippen LogP contribution in [0.25, 0.3) is 0 Å². The molecule has 0 aromatic heterocycles. The largest absolute Gasteiger partial charge is 0.264 e. The van der Waals surface area contributed by atoms with Crippen LogP contribution in [-0.4, -0.2) is 15.0 Å². The number of aryl methyl sites for hydroxylation is 2. The van der Waals surface area contributed by atoms with Crippen LogP contribution in [0.15, 0.2) is 66.1 Å². The minimum Gasteiger partial charge on any atom is -0.263 e. The number of anilines is 1. The maximum atomic E-state index is 13.0. The number of para-hydroxylation sites is 1. The van der Waals surface area contributed by atoms with Gasteiger partial charge >= 0.3 is 0 Å². The SMILES string of the molecule is C=CCN(c1ccccc1)S(=O)(=O)c1cc(C)ccc1C. The van der Waals surface area contributed by atoms with Crippen LogP contribution in [0.3, 0.4) is 0 Å². The summed E-state index contributed by atoms with van der Waals surface area (Å²) < 4.78 is 27.3. The smallest absolute Gasteiger partial charge is 0.263 e. The highest BCUT2D eigenvalue weighted by Gasteiger charge is 2.25. The number of sulfonamides is 1. The van der Waals surface area contributed by atoms with Crippen LogP contribution in [0, 0.1) is 13.8 Å². The molecule has 110 valence electrons. The topological polar surface area (TPSA) is 37.4 Å². The molecule has 0 aliphatic heterocycles. The van der Waals surface area contributed by atoms with Crippen LogP contribution < -0.4 is 4.31 Å². The van der Waals surface area contributed by atoms with Crippen molar-refractivity contribution in [2.75, 3.05) is 10.8 Å². The molecule has 0 saturated carbocycles. The van der Waals surface area contributed by atoms with Gasteiger partial charge in [-0.25, -0.2) is 8.42 Å². The second-order valence-corrected chi connectivity index (χ2v) is 6.76. The summed E-state index contributed by atoms with van der Waals surface area (Å²) in [5.41, 5.74) is 2.30. The van der Waals surface area contributed by atoms with Gasteiger partial charge in [-0.1, -0.05) is 36.4 Å². The number of rotatable bonds is 5. The van der Waals surface area contributed by atoms with Gasteiger partial charge in [-0.3, -0.25) is 4.31 Å². The monoisotopic (exact) mass is 301 g/mol. The van der Waals surface area contributed by atoms with E-state index in [1.165, 1.54) is 4.31 Å². The van der Waals surface area contributed by atoms with E-state index in [1.54, 1.807) is 24.3 Å². The second-order valence-electron chi connectivity index (χ2n) is 4.93. The maximum Gasteiger partial charge on any atom is 0.264 e. The van der Waals surface area contributed by atoms with Crippen molar-refractivity contribution in [3.05, 3.63) is 72.3 Å². The summed E-state index contributed by atoms with van der Waals surface area (Å²) in [5, 5.41) is 0. The highest BCUT2D eigenvalue weighted by atomic mass is 32.2. The zero-order chi connectivity index (χ0) is 15.5. The molecule has 0 heterocycles. The van der Waals surface area contributed by atoms with Crippen molar-refractivity contribution in [1.29, 1.82) is 0 Å². The number of hydrogen-bond donors (Lipinski definition) is 0. The third-order valence-electron chi connectivity index (χ3n) is 3.25. The predicted molar refractivity (Wildman–Crippen MR) is 87.1 cm³/mol. The van der Waals surface area contributed by atoms with Gasteiger partial charge in [0.1, 0.15) is 0 Å². The predicted octanol–water partition coefficient (Wildman–Crippen LogP) is 3.68. The molecule has 0 saturated heterocycles. The Morgan fingerprint density at radius 1 is 1.10 bits per heavy atom. The molecule has 0 spiro atoms. The lowest BCUT2D eigenvalue weighted by Crippen LogP contribution is -2.31. The van der Waals surface area contributed by atoms with Crippen molar-refractivity contribution in [2.45, 2.75) is 18.7 Å². The molecule has 2 aromatic carbocycles. The number of hydrogen-bond acceptors (Lipinski definition) is 2. The average Bonchev–Trinajstić information content (AvgIpc) is 2.48. The third kappa shape index (κ3) is 3.16. The van der Waals surface area contributed by atoms with E-state index in [-0.39, 0.29) is 6.54 Å². The first-order valence-corrected chi connectivity index (χ1v) is 8.17. The molecule has 0 aliphatic rings. The van der Waals surface area contributed by atoms with Crippen molar-refractivity contribution in [2.24, 2.45) is 0 Å². The second kappa shape index (κ2) is 6.14. The Morgan fingerprint density at radius 2 is 1.76 bits per heavy atom. The lowest BCUT2D eigenvalue weighted by molar-refractivity contribution is 0.592. The molecule has 0 radical (unpaired) electrons. The van der Waals surface area contributed by atoms with E-state index in [0.717, 1.165) is 11.1 Å². The van der Waals surface area contributed by atoms with Crippen molar-refractivity contribution in [3.63, 3.8) is 0 Å². The van der Waals surface area contributed by atoms with E-state index in [1.807, 2.05) is 44.2 Å². The molecule has 3 nitrogen and oxygen atoms in total. The van der Waals surface area contributed by atoms with Gasteiger partial charge < -0.3 is 0 Å². The quantitative estimate of drug-likeness (QED) is 0.790. The van der Waals surface area contributed by atoms with Crippen LogP contribution in [-0.2, 0) is 10.0 Å². The molecule has 0 fully saturated rings. The Morgan fingerprint density at radius 3 is 2.38 bits per heavy atom. The van der Waals surface area contributed by atoms with E-state index in [0.29, 0.717) is 10.6 Å². The van der Waals surface area contributed by atoms with Gasteiger partial charge in [0, 0.05) is 0 Å². The van der Waals surface area contributed by atoms with Crippen LogP contribution in [0.5, 0.6) is 0 Å². The molecule has 0 N–H and O–H groups in total. The van der Waals surface area contributed by atoms with Crippen LogP contribution >= 0.6 is 0 Å². The molecule has 0 atom stereocenters. The molecule has 2 rings (SSSR count). The van der Waals surface area contributed by atoms with Crippen LogP contribution in [0.2, 0.25) is 0 Å². The van der Waals surface area contributed by atoms with Crippen LogP contribution in [0.1, 0.15) is 11.1 Å². The van der Waals surface area contributed by atoms with Gasteiger partial charge in [0.25, 0.3) is 10.0 Å². The zero-order valence-corrected chi connectivity index (χ0v) is 13.1. The molecule has 0 aliphatic carbocycles. The molecule has 21 heavy (non-hydrogen) atoms. The lowest BCUT2D eigenvalue weighted by Gasteiger charge is -2.24. The first-order chi connectivity index (χ1) is 9.96. The van der Waals surface area contributed by atoms with Gasteiger partial charge in [0.15, 0.2) is 0 Å². The minimum atomic E-state index is -3.61. The van der Waals surface area contributed by atoms with Crippen LogP contribution in [0.4, 0.5) is 5.69 Å². The fourth-order valence-electron chi connectivity index (χ4n) is 2.16. The van der Waals surface area contributed by atoms with Crippen molar-refractivity contribution in [3.8, 4) is 0 Å². The van der Waals surface area contributed by atoms with E-state index < -0.39 is 10.0 Å². The third-order valence-corrected chi connectivity index (χ3v) is 5.19. The minimum absolute atomic E-state index is 0.236. The Bertz CT molecular complexity index is 737. The molecular formula is C17H19NO2S. The zero-order valence-electron chi connectivity index (χ0n) is 12.3. The maximum absolute atomic E-state index is 13.0. The molecule has 0 amide bonds. The summed E-state index contributed by atoms with van der Waals surface area (Å²) in [5.74, 6) is 0. The Labute approximate surface area is 126 Å². The number of nitrogens with zero attached hydrogens (tertiary/aromatic N) is 1. The summed E-state index contributed by atoms with van der Waals surface area (Å²) in [6.07, 6.45) is 1.59. The summed E-state index contributed by atoms with van der Waals surface area (Å²) in [4.78, 5) is 0.341. The summed E-state index contributed by atoms with van der Waals surface area (Å²) in [7, 11) is -3.61. The lowest BCUT2D eigenvalue weighted by atomic mass is 10.2. The van der Waals surface area contributed by atoms with Crippen molar-refractivity contribution in [1.82, 2.24) is 0 Å². The van der Waals surface area contributed by atoms with Gasteiger partial charge in [-0.05, 0) is 43.2 Å². The van der Waals surface area contributed by atoms with E-state index >= 15 is 0 Å². The van der Waals surface area contributed by atoms with E-state index in [2.05, 4.69) is 6.58 Å². The Kier molecular flexibility index (Phi) is 4.48. The molecule has 0 bridgehead atoms. The van der Waals surface area contributed by atoms with Gasteiger partial charge in [-0.15, -0.1) is 6.58 Å². The first kappa shape index (κ1) is 15.3. The Hall–Kier alpha value is -2.07. The van der Waals surface area contributed by atoms with Crippen molar-refractivity contribution < 1.29 is 8.42 Å². The number of benzene rings is 2. The highest BCUT2D eigenvalue weighted by Crippen LogP contribution is 2.26. The fraction of sp³-hybridized carbons (Fsp3) is 0.176. The Balaban J connectivity index is 2.58. The molecule has 0 unspecified atom stereocenters. The normalized spacial score (nSPS) is 11.1. The van der Waals surface area contributed by atoms with E-state index in [4.69, 9.17) is 0 Å². The standard InChI is InChI=1S/C17H19NO2S/c1-4-12-18(16-8-6-5-7-9-16)21(19,20)17-13-14(2)10-11-15(17)3/h4-11,13H,1,12H2,2-3H3. The van der Waals surface area contributed by atoms with Gasteiger partial charge in [0.05, 0.1) is 17.1 Å². The fourth-order valence-corrected chi connectivity index (χ4v) is 3.91. The summed E-state index contributed by atoms with van der Waals surface area (Å²) in [6, 6.07) is 14.5. The van der Waals surface area contributed by atoms with Crippen molar-refractivity contribution >= 4 is 15.7 Å². The molecule has 4 heteroatoms. The molecular weight excluding hydrogens is 282 g/mol. The highest BCUT2D eigenvalue weighted by molar-refractivity contribution is 7.92. The van der Waals surface area contributed by atoms with Gasteiger partial charge in [0.2, 0.25) is 0 Å². The van der Waals surface area contributed by atoms with E-state index in [9.17, 15) is 8.42 Å².